The van der Waals surface area contributed by atoms with Gasteiger partial charge < -0.3 is 0 Å². The predicted octanol–water partition coefficient (Wildman–Crippen LogP) is 6.49. The van der Waals surface area contributed by atoms with Crippen LogP contribution in [0.15, 0.2) is 24.3 Å². The van der Waals surface area contributed by atoms with Gasteiger partial charge in [-0.2, -0.15) is 0 Å². The first kappa shape index (κ1) is 17.8. The highest BCUT2D eigenvalue weighted by molar-refractivity contribution is 5.38. The molecule has 0 heterocycles. The Hall–Kier alpha value is -1.56. The zero-order valence-corrected chi connectivity index (χ0v) is 15.8. The molecular formula is C23H32. The Morgan fingerprint density at radius 1 is 0.478 bits per heavy atom. The van der Waals surface area contributed by atoms with Crippen LogP contribution in [0.4, 0.5) is 0 Å². The summed E-state index contributed by atoms with van der Waals surface area (Å²) >= 11 is 0. The lowest BCUT2D eigenvalue weighted by Gasteiger charge is -2.13. The van der Waals surface area contributed by atoms with Crippen LogP contribution in [0, 0.1) is 41.5 Å². The molecule has 0 heteroatoms. The molecule has 0 bridgehead atoms. The Kier molecular flexibility index (Phi) is 6.04. The van der Waals surface area contributed by atoms with Gasteiger partial charge in [0.1, 0.15) is 0 Å². The third-order valence-electron chi connectivity index (χ3n) is 5.03. The second-order valence-corrected chi connectivity index (χ2v) is 7.32. The highest BCUT2D eigenvalue weighted by Crippen LogP contribution is 2.21. The molecule has 0 saturated carbocycles. The highest BCUT2D eigenvalue weighted by atomic mass is 14.1. The lowest BCUT2D eigenvalue weighted by Crippen LogP contribution is -1.98. The number of hydrogen-bond donors (Lipinski definition) is 0. The molecular weight excluding hydrogens is 276 g/mol. The van der Waals surface area contributed by atoms with E-state index >= 15 is 0 Å². The molecule has 0 aromatic heterocycles. The maximum atomic E-state index is 2.32. The van der Waals surface area contributed by atoms with Crippen LogP contribution < -0.4 is 0 Å². The smallest absolute Gasteiger partial charge is 0.0274 e. The van der Waals surface area contributed by atoms with Crippen LogP contribution in [-0.2, 0) is 12.8 Å². The van der Waals surface area contributed by atoms with Gasteiger partial charge in [-0.15, -0.1) is 0 Å². The van der Waals surface area contributed by atoms with Crippen LogP contribution >= 0.6 is 0 Å². The van der Waals surface area contributed by atoms with Gasteiger partial charge in [-0.25, -0.2) is 0 Å². The number of rotatable bonds is 6. The number of hydrogen-bond acceptors (Lipinski definition) is 0. The average Bonchev–Trinajstić information content (AvgIpc) is 2.42. The molecule has 0 aliphatic heterocycles. The first-order chi connectivity index (χ1) is 10.9. The summed E-state index contributed by atoms with van der Waals surface area (Å²) in [6.45, 7) is 13.4. The summed E-state index contributed by atoms with van der Waals surface area (Å²) in [5.74, 6) is 0. The molecule has 0 spiro atoms. The van der Waals surface area contributed by atoms with Crippen LogP contribution in [0.2, 0.25) is 0 Å². The van der Waals surface area contributed by atoms with Crippen molar-refractivity contribution in [3.05, 3.63) is 68.8 Å². The van der Waals surface area contributed by atoms with E-state index in [2.05, 4.69) is 65.8 Å². The van der Waals surface area contributed by atoms with Crippen LogP contribution in [0.25, 0.3) is 0 Å². The summed E-state index contributed by atoms with van der Waals surface area (Å²) in [7, 11) is 0. The van der Waals surface area contributed by atoms with E-state index in [1.807, 2.05) is 0 Å². The maximum Gasteiger partial charge on any atom is -0.0274 e. The van der Waals surface area contributed by atoms with E-state index in [0.717, 1.165) is 0 Å². The van der Waals surface area contributed by atoms with E-state index in [-0.39, 0.29) is 0 Å². The maximum absolute atomic E-state index is 2.32. The fourth-order valence-electron chi connectivity index (χ4n) is 3.99. The summed E-state index contributed by atoms with van der Waals surface area (Å²) in [6.07, 6.45) is 6.37. The minimum Gasteiger partial charge on any atom is -0.0561 e. The number of benzene rings is 2. The van der Waals surface area contributed by atoms with Crippen LogP contribution in [0.1, 0.15) is 63.8 Å². The number of unbranched alkanes of at least 4 members (excludes halogenated alkanes) is 2. The molecule has 0 saturated heterocycles. The lowest BCUT2D eigenvalue weighted by atomic mass is 9.93. The SMILES string of the molecule is Cc1cc(C)c(CCCCCc2c(C)cc(C)cc2C)c(C)c1. The van der Waals surface area contributed by atoms with E-state index in [0.29, 0.717) is 0 Å². The summed E-state index contributed by atoms with van der Waals surface area (Å²) in [5, 5.41) is 0. The van der Waals surface area contributed by atoms with Crippen molar-refractivity contribution in [1.29, 1.82) is 0 Å². The Labute approximate surface area is 143 Å². The average molecular weight is 309 g/mol. The molecule has 0 N–H and O–H groups in total. The molecule has 2 aromatic rings. The zero-order chi connectivity index (χ0) is 17.0. The van der Waals surface area contributed by atoms with Crippen molar-refractivity contribution in [2.45, 2.75) is 73.6 Å². The molecule has 2 rings (SSSR count). The van der Waals surface area contributed by atoms with Crippen molar-refractivity contribution < 1.29 is 0 Å². The largest absolute Gasteiger partial charge is 0.0561 e. The summed E-state index contributed by atoms with van der Waals surface area (Å²) < 4.78 is 0. The van der Waals surface area contributed by atoms with Gasteiger partial charge >= 0.3 is 0 Å². The Morgan fingerprint density at radius 2 is 0.783 bits per heavy atom. The second kappa shape index (κ2) is 7.81. The van der Waals surface area contributed by atoms with Gasteiger partial charge in [0.2, 0.25) is 0 Å². The van der Waals surface area contributed by atoms with Crippen molar-refractivity contribution >= 4 is 0 Å². The molecule has 0 aliphatic rings. The van der Waals surface area contributed by atoms with Crippen molar-refractivity contribution in [1.82, 2.24) is 0 Å². The molecule has 0 aliphatic carbocycles. The summed E-state index contributed by atoms with van der Waals surface area (Å²) in [4.78, 5) is 0. The van der Waals surface area contributed by atoms with E-state index in [1.54, 1.807) is 11.1 Å². The predicted molar refractivity (Wildman–Crippen MR) is 103 cm³/mol. The third kappa shape index (κ3) is 4.70. The van der Waals surface area contributed by atoms with Gasteiger partial charge in [0.05, 0.1) is 0 Å². The first-order valence-electron chi connectivity index (χ1n) is 9.02. The molecule has 0 radical (unpaired) electrons. The third-order valence-corrected chi connectivity index (χ3v) is 5.03. The van der Waals surface area contributed by atoms with Gasteiger partial charge in [0.25, 0.3) is 0 Å². The standard InChI is InChI=1S/C23H32/c1-16-12-18(3)22(19(4)13-16)10-8-7-9-11-23-20(5)14-17(2)15-21(23)6/h12-15H,7-11H2,1-6H3. The fraction of sp³-hybridized carbons (Fsp3) is 0.478. The lowest BCUT2D eigenvalue weighted by molar-refractivity contribution is 0.673. The van der Waals surface area contributed by atoms with Crippen molar-refractivity contribution in [3.8, 4) is 0 Å². The van der Waals surface area contributed by atoms with Crippen LogP contribution in [0.5, 0.6) is 0 Å². The van der Waals surface area contributed by atoms with Gasteiger partial charge in [-0.3, -0.25) is 0 Å². The van der Waals surface area contributed by atoms with E-state index in [4.69, 9.17) is 0 Å². The molecule has 2 aromatic carbocycles. The molecule has 0 fully saturated rings. The zero-order valence-electron chi connectivity index (χ0n) is 15.8. The van der Waals surface area contributed by atoms with Gasteiger partial charge in [0, 0.05) is 0 Å². The Bertz CT molecular complexity index is 571. The highest BCUT2D eigenvalue weighted by Gasteiger charge is 2.06. The van der Waals surface area contributed by atoms with Gasteiger partial charge in [0.15, 0.2) is 0 Å². The molecule has 0 nitrogen and oxygen atoms in total. The number of aryl methyl sites for hydroxylation is 6. The van der Waals surface area contributed by atoms with Gasteiger partial charge in [-0.05, 0) is 101 Å². The minimum atomic E-state index is 1.23. The summed E-state index contributed by atoms with van der Waals surface area (Å²) in [5.41, 5.74) is 11.8. The normalized spacial score (nSPS) is 11.0. The molecule has 0 atom stereocenters. The Morgan fingerprint density at radius 3 is 1.09 bits per heavy atom. The fourth-order valence-corrected chi connectivity index (χ4v) is 3.99. The van der Waals surface area contributed by atoms with Gasteiger partial charge in [-0.1, -0.05) is 41.8 Å². The molecule has 124 valence electrons. The quantitative estimate of drug-likeness (QED) is 0.535. The van der Waals surface area contributed by atoms with Crippen molar-refractivity contribution in [2.75, 3.05) is 0 Å². The molecule has 23 heavy (non-hydrogen) atoms. The topological polar surface area (TPSA) is 0 Å². The van der Waals surface area contributed by atoms with Crippen molar-refractivity contribution in [2.24, 2.45) is 0 Å². The van der Waals surface area contributed by atoms with E-state index in [9.17, 15) is 0 Å². The second-order valence-electron chi connectivity index (χ2n) is 7.32. The summed E-state index contributed by atoms with van der Waals surface area (Å²) in [6, 6.07) is 9.28. The Balaban J connectivity index is 1.85. The van der Waals surface area contributed by atoms with Crippen LogP contribution in [-0.4, -0.2) is 0 Å². The molecule has 0 unspecified atom stereocenters. The van der Waals surface area contributed by atoms with Crippen molar-refractivity contribution in [3.63, 3.8) is 0 Å². The van der Waals surface area contributed by atoms with E-state index < -0.39 is 0 Å². The first-order valence-corrected chi connectivity index (χ1v) is 9.02. The molecule has 0 amide bonds. The van der Waals surface area contributed by atoms with Crippen LogP contribution in [0.3, 0.4) is 0 Å². The van der Waals surface area contributed by atoms with E-state index in [1.165, 1.54) is 65.5 Å². The monoisotopic (exact) mass is 308 g/mol. The minimum absolute atomic E-state index is 1.23.